The molecule has 0 radical (unpaired) electrons. The summed E-state index contributed by atoms with van der Waals surface area (Å²) >= 11 is 6.45. The summed E-state index contributed by atoms with van der Waals surface area (Å²) in [5.74, 6) is -2.01. The molecule has 0 saturated heterocycles. The number of anilines is 1. The van der Waals surface area contributed by atoms with Crippen molar-refractivity contribution >= 4 is 35.0 Å². The normalized spacial score (nSPS) is 14.5. The molecule has 1 aliphatic rings. The van der Waals surface area contributed by atoms with Crippen LogP contribution in [0, 0.1) is 6.92 Å². The number of hydrogen-bond acceptors (Lipinski definition) is 4. The van der Waals surface area contributed by atoms with Crippen molar-refractivity contribution in [1.29, 1.82) is 0 Å². The summed E-state index contributed by atoms with van der Waals surface area (Å²) in [6.07, 6.45) is 3.70. The van der Waals surface area contributed by atoms with Crippen LogP contribution in [0.25, 0.3) is 0 Å². The minimum Gasteiger partial charge on any atom is -0.383 e. The quantitative estimate of drug-likeness (QED) is 0.455. The zero-order chi connectivity index (χ0) is 23.8. The van der Waals surface area contributed by atoms with Gasteiger partial charge in [0.15, 0.2) is 0 Å². The van der Waals surface area contributed by atoms with Crippen LogP contribution in [0.4, 0.5) is 5.69 Å². The lowest BCUT2D eigenvalue weighted by Gasteiger charge is -2.32. The Morgan fingerprint density at radius 1 is 1.09 bits per heavy atom. The predicted octanol–water partition coefficient (Wildman–Crippen LogP) is 3.54. The van der Waals surface area contributed by atoms with Crippen molar-refractivity contribution in [2.75, 3.05) is 25.2 Å². The van der Waals surface area contributed by atoms with E-state index in [9.17, 15) is 14.4 Å². The molecule has 176 valence electrons. The van der Waals surface area contributed by atoms with Crippen LogP contribution in [0.1, 0.15) is 42.9 Å². The van der Waals surface area contributed by atoms with Gasteiger partial charge in [-0.3, -0.25) is 19.3 Å². The van der Waals surface area contributed by atoms with E-state index in [1.807, 2.05) is 19.1 Å². The van der Waals surface area contributed by atoms with E-state index < -0.39 is 23.8 Å². The lowest BCUT2D eigenvalue weighted by atomic mass is 10.0. The summed E-state index contributed by atoms with van der Waals surface area (Å²) in [6, 6.07) is 12.8. The molecule has 0 unspecified atom stereocenters. The summed E-state index contributed by atoms with van der Waals surface area (Å²) in [5, 5.41) is 5.90. The Labute approximate surface area is 199 Å². The number of amides is 3. The van der Waals surface area contributed by atoms with Crippen LogP contribution in [-0.2, 0) is 19.1 Å². The molecule has 33 heavy (non-hydrogen) atoms. The molecule has 7 nitrogen and oxygen atoms in total. The second kappa shape index (κ2) is 11.8. The number of para-hydroxylation sites is 1. The molecule has 0 spiro atoms. The molecule has 8 heteroatoms. The van der Waals surface area contributed by atoms with E-state index in [2.05, 4.69) is 10.6 Å². The van der Waals surface area contributed by atoms with Crippen LogP contribution < -0.4 is 15.5 Å². The van der Waals surface area contributed by atoms with Gasteiger partial charge in [-0.25, -0.2) is 0 Å². The molecule has 1 fully saturated rings. The maximum atomic E-state index is 13.6. The zero-order valence-corrected chi connectivity index (χ0v) is 19.7. The maximum absolute atomic E-state index is 13.6. The van der Waals surface area contributed by atoms with Gasteiger partial charge in [0.05, 0.1) is 17.3 Å². The maximum Gasteiger partial charge on any atom is 0.317 e. The second-order valence-electron chi connectivity index (χ2n) is 8.18. The van der Waals surface area contributed by atoms with Gasteiger partial charge in [-0.15, -0.1) is 0 Å². The third-order valence-electron chi connectivity index (χ3n) is 5.72. The summed E-state index contributed by atoms with van der Waals surface area (Å²) in [7, 11) is 1.54. The van der Waals surface area contributed by atoms with Crippen LogP contribution in [-0.4, -0.2) is 44.0 Å². The fourth-order valence-electron chi connectivity index (χ4n) is 3.98. The molecule has 2 aromatic carbocycles. The number of nitrogens with zero attached hydrogens (tertiary/aromatic N) is 1. The fraction of sp³-hybridized carbons (Fsp3) is 0.400. The number of rotatable bonds is 8. The van der Waals surface area contributed by atoms with Crippen LogP contribution in [0.3, 0.4) is 0 Å². The number of nitrogens with one attached hydrogen (secondary N) is 2. The number of halogens is 1. The van der Waals surface area contributed by atoms with Crippen molar-refractivity contribution in [3.05, 3.63) is 64.7 Å². The van der Waals surface area contributed by atoms with Gasteiger partial charge >= 0.3 is 11.8 Å². The van der Waals surface area contributed by atoms with E-state index in [-0.39, 0.29) is 17.6 Å². The van der Waals surface area contributed by atoms with Gasteiger partial charge in [-0.2, -0.15) is 0 Å². The predicted molar refractivity (Wildman–Crippen MR) is 128 cm³/mol. The Hall–Kier alpha value is -2.90. The van der Waals surface area contributed by atoms with Crippen molar-refractivity contribution in [2.45, 2.75) is 44.7 Å². The Morgan fingerprint density at radius 2 is 1.76 bits per heavy atom. The van der Waals surface area contributed by atoms with Crippen molar-refractivity contribution in [2.24, 2.45) is 0 Å². The zero-order valence-electron chi connectivity index (χ0n) is 19.0. The van der Waals surface area contributed by atoms with Gasteiger partial charge in [0.2, 0.25) is 5.91 Å². The smallest absolute Gasteiger partial charge is 0.317 e. The molecule has 2 aromatic rings. The highest BCUT2D eigenvalue weighted by atomic mass is 35.5. The number of hydrogen-bond donors (Lipinski definition) is 2. The number of methoxy groups -OCH3 is 1. The Kier molecular flexibility index (Phi) is 8.86. The lowest BCUT2D eigenvalue weighted by molar-refractivity contribution is -0.139. The highest BCUT2D eigenvalue weighted by Crippen LogP contribution is 2.33. The topological polar surface area (TPSA) is 87.7 Å². The largest absolute Gasteiger partial charge is 0.383 e. The van der Waals surface area contributed by atoms with E-state index in [1.54, 1.807) is 36.4 Å². The molecule has 3 amide bonds. The second-order valence-corrected chi connectivity index (χ2v) is 8.59. The highest BCUT2D eigenvalue weighted by Gasteiger charge is 2.37. The summed E-state index contributed by atoms with van der Waals surface area (Å²) in [4.78, 5) is 41.1. The van der Waals surface area contributed by atoms with E-state index in [0.29, 0.717) is 17.9 Å². The SMILES string of the molecule is COCCNC(=O)[C@@H](c1ccc(C)cc1)N(C(=O)C(=O)NC1CCCC1)c1ccccc1Cl. The number of benzene rings is 2. The standard InChI is InChI=1S/C25H30ClN3O4/c1-17-11-13-18(14-12-17)22(23(30)27-15-16-33-2)29(21-10-6-5-9-20(21)26)25(32)24(31)28-19-7-3-4-8-19/h5-6,9-14,19,22H,3-4,7-8,15-16H2,1-2H3,(H,27,30)(H,28,31)/t22-/m1/s1. The molecular formula is C25H30ClN3O4. The van der Waals surface area contributed by atoms with Crippen molar-refractivity contribution < 1.29 is 19.1 Å². The number of ether oxygens (including phenoxy) is 1. The Morgan fingerprint density at radius 3 is 2.39 bits per heavy atom. The molecule has 0 bridgehead atoms. The Balaban J connectivity index is 2.03. The summed E-state index contributed by atoms with van der Waals surface area (Å²) < 4.78 is 5.04. The first kappa shape index (κ1) is 24.7. The van der Waals surface area contributed by atoms with E-state index in [4.69, 9.17) is 16.3 Å². The monoisotopic (exact) mass is 471 g/mol. The van der Waals surface area contributed by atoms with Crippen molar-refractivity contribution in [3.8, 4) is 0 Å². The van der Waals surface area contributed by atoms with Gasteiger partial charge in [-0.05, 0) is 37.5 Å². The molecule has 0 aliphatic heterocycles. The first-order valence-corrected chi connectivity index (χ1v) is 11.5. The van der Waals surface area contributed by atoms with Gasteiger partial charge < -0.3 is 15.4 Å². The van der Waals surface area contributed by atoms with Crippen LogP contribution in [0.15, 0.2) is 48.5 Å². The fourth-order valence-corrected chi connectivity index (χ4v) is 4.21. The number of carbonyl (C=O) groups excluding carboxylic acids is 3. The molecule has 0 aromatic heterocycles. The van der Waals surface area contributed by atoms with Gasteiger partial charge in [0.1, 0.15) is 6.04 Å². The first-order chi connectivity index (χ1) is 15.9. The van der Waals surface area contributed by atoms with Gasteiger partial charge in [-0.1, -0.05) is 66.4 Å². The molecule has 0 heterocycles. The van der Waals surface area contributed by atoms with Gasteiger partial charge in [0.25, 0.3) is 0 Å². The van der Waals surface area contributed by atoms with Crippen molar-refractivity contribution in [3.63, 3.8) is 0 Å². The molecular weight excluding hydrogens is 442 g/mol. The highest BCUT2D eigenvalue weighted by molar-refractivity contribution is 6.43. The number of aryl methyl sites for hydroxylation is 1. The minimum absolute atomic E-state index is 0.0390. The van der Waals surface area contributed by atoms with Crippen LogP contribution >= 0.6 is 11.6 Å². The minimum atomic E-state index is -1.09. The van der Waals surface area contributed by atoms with Crippen LogP contribution in [0.2, 0.25) is 5.02 Å². The average molecular weight is 472 g/mol. The molecule has 1 aliphatic carbocycles. The number of carbonyl (C=O) groups is 3. The summed E-state index contributed by atoms with van der Waals surface area (Å²) in [5.41, 5.74) is 1.86. The first-order valence-electron chi connectivity index (χ1n) is 11.1. The third-order valence-corrected chi connectivity index (χ3v) is 6.04. The molecule has 2 N–H and O–H groups in total. The Bertz CT molecular complexity index is 974. The molecule has 1 atom stereocenters. The van der Waals surface area contributed by atoms with E-state index >= 15 is 0 Å². The summed E-state index contributed by atoms with van der Waals surface area (Å²) in [6.45, 7) is 2.51. The van der Waals surface area contributed by atoms with E-state index in [1.165, 1.54) is 12.0 Å². The average Bonchev–Trinajstić information content (AvgIpc) is 3.31. The van der Waals surface area contributed by atoms with Gasteiger partial charge in [0, 0.05) is 19.7 Å². The lowest BCUT2D eigenvalue weighted by Crippen LogP contribution is -2.51. The van der Waals surface area contributed by atoms with E-state index in [0.717, 1.165) is 31.2 Å². The molecule has 3 rings (SSSR count). The molecule has 1 saturated carbocycles. The third kappa shape index (κ3) is 6.33. The van der Waals surface area contributed by atoms with Crippen LogP contribution in [0.5, 0.6) is 0 Å². The van der Waals surface area contributed by atoms with Crippen molar-refractivity contribution in [1.82, 2.24) is 10.6 Å².